The molecule has 0 amide bonds. The zero-order chi connectivity index (χ0) is 15.4. The summed E-state index contributed by atoms with van der Waals surface area (Å²) in [6, 6.07) is 11.8. The number of pyridine rings is 1. The third kappa shape index (κ3) is 4.21. The van der Waals surface area contributed by atoms with Crippen molar-refractivity contribution in [1.82, 2.24) is 19.9 Å². The molecule has 0 saturated heterocycles. The molecular weight excluding hydrogens is 312 g/mol. The molecule has 0 atom stereocenters. The van der Waals surface area contributed by atoms with Crippen LogP contribution in [0.5, 0.6) is 5.75 Å². The van der Waals surface area contributed by atoms with Crippen LogP contribution < -0.4 is 4.74 Å². The molecule has 0 radical (unpaired) electrons. The van der Waals surface area contributed by atoms with Crippen LogP contribution in [-0.4, -0.2) is 47.1 Å². The van der Waals surface area contributed by atoms with Crippen molar-refractivity contribution in [1.29, 1.82) is 0 Å². The highest BCUT2D eigenvalue weighted by atomic mass is 35.5. The number of benzene rings is 1. The Bertz CT molecular complexity index is 724. The van der Waals surface area contributed by atoms with Gasteiger partial charge in [-0.05, 0) is 44.8 Å². The highest BCUT2D eigenvalue weighted by Gasteiger charge is 2.10. The number of rotatable bonds is 6. The largest absolute Gasteiger partial charge is 0.493 e. The molecule has 0 unspecified atom stereocenters. The summed E-state index contributed by atoms with van der Waals surface area (Å²) in [5, 5.41) is 0. The molecule has 0 aliphatic carbocycles. The lowest BCUT2D eigenvalue weighted by Gasteiger charge is -2.12. The van der Waals surface area contributed by atoms with Crippen LogP contribution in [0.4, 0.5) is 0 Å². The van der Waals surface area contributed by atoms with E-state index in [-0.39, 0.29) is 12.4 Å². The number of H-pyrrole nitrogens is 1. The molecule has 1 aromatic carbocycles. The fraction of sp³-hybridized carbons (Fsp3) is 0.294. The van der Waals surface area contributed by atoms with Gasteiger partial charge in [0, 0.05) is 12.7 Å². The lowest BCUT2D eigenvalue weighted by molar-refractivity contribution is 0.282. The number of imidazole rings is 1. The number of ether oxygens (including phenoxy) is 1. The van der Waals surface area contributed by atoms with E-state index < -0.39 is 0 Å². The first-order chi connectivity index (χ1) is 10.7. The van der Waals surface area contributed by atoms with E-state index in [2.05, 4.69) is 33.9 Å². The van der Waals surface area contributed by atoms with Crippen molar-refractivity contribution >= 4 is 23.6 Å². The SMILES string of the molecule is CN(C)CCCOc1ccccc1-c1nc2ncccc2[nH]1.Cl. The second-order valence-corrected chi connectivity index (χ2v) is 5.46. The summed E-state index contributed by atoms with van der Waals surface area (Å²) in [4.78, 5) is 14.3. The first-order valence-electron chi connectivity index (χ1n) is 7.42. The number of nitrogens with zero attached hydrogens (tertiary/aromatic N) is 3. The van der Waals surface area contributed by atoms with Gasteiger partial charge in [0.1, 0.15) is 11.6 Å². The molecule has 0 saturated carbocycles. The molecule has 23 heavy (non-hydrogen) atoms. The molecule has 5 nitrogen and oxygen atoms in total. The van der Waals surface area contributed by atoms with Crippen molar-refractivity contribution in [3.05, 3.63) is 42.6 Å². The van der Waals surface area contributed by atoms with Crippen molar-refractivity contribution in [3.8, 4) is 17.1 Å². The molecule has 2 heterocycles. The van der Waals surface area contributed by atoms with Gasteiger partial charge in [-0.3, -0.25) is 0 Å². The number of nitrogens with one attached hydrogen (secondary N) is 1. The van der Waals surface area contributed by atoms with Crippen LogP contribution in [0.2, 0.25) is 0 Å². The minimum Gasteiger partial charge on any atom is -0.493 e. The molecule has 0 fully saturated rings. The van der Waals surface area contributed by atoms with Crippen LogP contribution >= 0.6 is 12.4 Å². The van der Waals surface area contributed by atoms with Crippen molar-refractivity contribution < 1.29 is 4.74 Å². The zero-order valence-corrected chi connectivity index (χ0v) is 14.1. The fourth-order valence-corrected chi connectivity index (χ4v) is 2.32. The van der Waals surface area contributed by atoms with Crippen LogP contribution in [0.25, 0.3) is 22.6 Å². The van der Waals surface area contributed by atoms with Gasteiger partial charge < -0.3 is 14.6 Å². The highest BCUT2D eigenvalue weighted by Crippen LogP contribution is 2.28. The van der Waals surface area contributed by atoms with Crippen LogP contribution in [0.15, 0.2) is 42.6 Å². The van der Waals surface area contributed by atoms with Gasteiger partial charge in [0.05, 0.1) is 17.7 Å². The summed E-state index contributed by atoms with van der Waals surface area (Å²) in [5.74, 6) is 1.64. The number of aromatic nitrogens is 3. The van der Waals surface area contributed by atoms with Gasteiger partial charge in [0.15, 0.2) is 5.65 Å². The predicted octanol–water partition coefficient (Wildman–Crippen LogP) is 3.38. The van der Waals surface area contributed by atoms with Crippen LogP contribution in [0.1, 0.15) is 6.42 Å². The van der Waals surface area contributed by atoms with E-state index in [4.69, 9.17) is 4.74 Å². The van der Waals surface area contributed by atoms with E-state index >= 15 is 0 Å². The van der Waals surface area contributed by atoms with Crippen molar-refractivity contribution in [2.75, 3.05) is 27.2 Å². The molecule has 0 spiro atoms. The molecule has 3 aromatic rings. The minimum atomic E-state index is 0. The summed E-state index contributed by atoms with van der Waals surface area (Å²) in [6.45, 7) is 1.70. The second kappa shape index (κ2) is 7.94. The first kappa shape index (κ1) is 17.2. The van der Waals surface area contributed by atoms with E-state index in [1.165, 1.54) is 0 Å². The van der Waals surface area contributed by atoms with Crippen molar-refractivity contribution in [3.63, 3.8) is 0 Å². The quantitative estimate of drug-likeness (QED) is 0.703. The summed E-state index contributed by atoms with van der Waals surface area (Å²) in [6.07, 6.45) is 2.74. The molecule has 1 N–H and O–H groups in total. The fourth-order valence-electron chi connectivity index (χ4n) is 2.32. The minimum absolute atomic E-state index is 0. The Hall–Kier alpha value is -2.11. The number of para-hydroxylation sites is 1. The average Bonchev–Trinajstić information content (AvgIpc) is 2.95. The lowest BCUT2D eigenvalue weighted by Crippen LogP contribution is -2.15. The molecule has 0 aliphatic heterocycles. The van der Waals surface area contributed by atoms with Gasteiger partial charge in [-0.1, -0.05) is 12.1 Å². The van der Waals surface area contributed by atoms with E-state index in [1.54, 1.807) is 6.20 Å². The molecule has 0 bridgehead atoms. The molecule has 122 valence electrons. The lowest BCUT2D eigenvalue weighted by atomic mass is 10.2. The Balaban J connectivity index is 0.00000192. The predicted molar refractivity (Wildman–Crippen MR) is 95.2 cm³/mol. The maximum absolute atomic E-state index is 5.93. The van der Waals surface area contributed by atoms with Gasteiger partial charge in [0.25, 0.3) is 0 Å². The van der Waals surface area contributed by atoms with Gasteiger partial charge in [-0.15, -0.1) is 12.4 Å². The van der Waals surface area contributed by atoms with Gasteiger partial charge in [0.2, 0.25) is 0 Å². The van der Waals surface area contributed by atoms with Gasteiger partial charge in [-0.2, -0.15) is 0 Å². The van der Waals surface area contributed by atoms with Crippen LogP contribution in [-0.2, 0) is 0 Å². The Morgan fingerprint density at radius 2 is 1.96 bits per heavy atom. The Labute approximate surface area is 142 Å². The number of hydrogen-bond donors (Lipinski definition) is 1. The van der Waals surface area contributed by atoms with Crippen molar-refractivity contribution in [2.24, 2.45) is 0 Å². The third-order valence-electron chi connectivity index (χ3n) is 3.41. The van der Waals surface area contributed by atoms with Crippen LogP contribution in [0.3, 0.4) is 0 Å². The van der Waals surface area contributed by atoms with E-state index in [0.717, 1.165) is 41.3 Å². The molecule has 2 aromatic heterocycles. The summed E-state index contributed by atoms with van der Waals surface area (Å²) < 4.78 is 5.93. The topological polar surface area (TPSA) is 54.0 Å². The summed E-state index contributed by atoms with van der Waals surface area (Å²) in [5.41, 5.74) is 2.62. The van der Waals surface area contributed by atoms with E-state index in [1.807, 2.05) is 36.4 Å². The maximum Gasteiger partial charge on any atom is 0.178 e. The third-order valence-corrected chi connectivity index (χ3v) is 3.41. The highest BCUT2D eigenvalue weighted by molar-refractivity contribution is 5.85. The maximum atomic E-state index is 5.93. The normalized spacial score (nSPS) is 10.7. The molecule has 3 rings (SSSR count). The second-order valence-electron chi connectivity index (χ2n) is 5.46. The van der Waals surface area contributed by atoms with Crippen molar-refractivity contribution in [2.45, 2.75) is 6.42 Å². The van der Waals surface area contributed by atoms with E-state index in [0.29, 0.717) is 6.61 Å². The van der Waals surface area contributed by atoms with E-state index in [9.17, 15) is 0 Å². The number of aromatic amines is 1. The standard InChI is InChI=1S/C17H20N4O.ClH/c1-21(2)11-6-12-22-15-9-4-3-7-13(15)16-19-14-8-5-10-18-17(14)20-16;/h3-5,7-10H,6,11-12H2,1-2H3,(H,18,19,20);1H. The molecule has 6 heteroatoms. The smallest absolute Gasteiger partial charge is 0.178 e. The Kier molecular flexibility index (Phi) is 5.96. The summed E-state index contributed by atoms with van der Waals surface area (Å²) >= 11 is 0. The first-order valence-corrected chi connectivity index (χ1v) is 7.42. The zero-order valence-electron chi connectivity index (χ0n) is 13.3. The van der Waals surface area contributed by atoms with Gasteiger partial charge in [-0.25, -0.2) is 9.97 Å². The summed E-state index contributed by atoms with van der Waals surface area (Å²) in [7, 11) is 4.13. The molecule has 0 aliphatic rings. The van der Waals surface area contributed by atoms with Gasteiger partial charge >= 0.3 is 0 Å². The average molecular weight is 333 g/mol. The molecular formula is C17H21ClN4O. The number of fused-ring (bicyclic) bond motifs is 1. The number of halogens is 1. The number of hydrogen-bond acceptors (Lipinski definition) is 4. The Morgan fingerprint density at radius 1 is 1.13 bits per heavy atom. The Morgan fingerprint density at radius 3 is 2.74 bits per heavy atom. The monoisotopic (exact) mass is 332 g/mol. The van der Waals surface area contributed by atoms with Crippen LogP contribution in [0, 0.1) is 0 Å².